The van der Waals surface area contributed by atoms with Gasteiger partial charge in [-0.3, -0.25) is 4.79 Å². The Morgan fingerprint density at radius 1 is 0.957 bits per heavy atom. The van der Waals surface area contributed by atoms with E-state index in [0.717, 1.165) is 11.1 Å². The van der Waals surface area contributed by atoms with E-state index in [9.17, 15) is 14.4 Å². The second-order valence-electron chi connectivity index (χ2n) is 10.7. The highest BCUT2D eigenvalue weighted by atomic mass is 16.7. The fraction of sp³-hybridized carbons (Fsp3) is 0.412. The van der Waals surface area contributed by atoms with E-state index in [1.165, 1.54) is 19.4 Å². The van der Waals surface area contributed by atoms with Crippen LogP contribution in [-0.2, 0) is 28.5 Å². The maximum atomic E-state index is 13.5. The fourth-order valence-corrected chi connectivity index (χ4v) is 4.54. The molecule has 2 aromatic carbocycles. The zero-order valence-electron chi connectivity index (χ0n) is 27.1. The number of ether oxygens (including phenoxy) is 8. The van der Waals surface area contributed by atoms with Crippen molar-refractivity contribution < 1.29 is 52.3 Å². The molecular formula is C34H40N2O11. The van der Waals surface area contributed by atoms with Gasteiger partial charge in [-0.25, -0.2) is 14.6 Å². The predicted molar refractivity (Wildman–Crippen MR) is 168 cm³/mol. The molecule has 1 amide bonds. The number of benzene rings is 2. The molecule has 252 valence electrons. The van der Waals surface area contributed by atoms with Gasteiger partial charge in [0.15, 0.2) is 35.4 Å². The lowest BCUT2D eigenvalue weighted by molar-refractivity contribution is -0.157. The SMILES string of the molecule is CCOCC(=O)OCOc1c(OC)ccnc1C(=O)NC1COCC(Oc2ccc(C)cc2)C(Oc2ccc(C)cc2)C(C)OC1=O. The molecule has 4 unspecified atom stereocenters. The number of hydrogen-bond donors (Lipinski definition) is 1. The first-order valence-corrected chi connectivity index (χ1v) is 15.1. The van der Waals surface area contributed by atoms with Gasteiger partial charge in [0.2, 0.25) is 6.79 Å². The molecule has 1 saturated heterocycles. The quantitative estimate of drug-likeness (QED) is 0.212. The van der Waals surface area contributed by atoms with Crippen LogP contribution in [0.25, 0.3) is 0 Å². The Morgan fingerprint density at radius 2 is 1.62 bits per heavy atom. The van der Waals surface area contributed by atoms with Gasteiger partial charge in [0.1, 0.15) is 24.2 Å². The molecule has 3 aromatic rings. The molecule has 1 aliphatic heterocycles. The van der Waals surface area contributed by atoms with E-state index in [1.807, 2.05) is 62.4 Å². The van der Waals surface area contributed by atoms with E-state index in [4.69, 9.17) is 37.9 Å². The molecule has 4 rings (SSSR count). The zero-order valence-corrected chi connectivity index (χ0v) is 27.1. The Hall–Kier alpha value is -4.88. The van der Waals surface area contributed by atoms with Crippen LogP contribution in [0.4, 0.5) is 0 Å². The summed E-state index contributed by atoms with van der Waals surface area (Å²) in [5.41, 5.74) is 1.91. The van der Waals surface area contributed by atoms with Gasteiger partial charge in [-0.1, -0.05) is 35.4 Å². The standard InChI is InChI=1S/C34H40N2O11/c1-6-41-19-29(37)43-20-44-32-27(40-5)15-16-35-30(32)33(38)36-26-17-42-18-28(46-24-11-7-21(2)8-12-24)31(23(4)45-34(26)39)47-25-13-9-22(3)10-14-25/h7-16,23,26,28,31H,6,17-20H2,1-5H3,(H,36,38). The number of esters is 2. The molecule has 13 nitrogen and oxygen atoms in total. The largest absolute Gasteiger partial charge is 0.493 e. The number of nitrogens with one attached hydrogen (secondary N) is 1. The number of methoxy groups -OCH3 is 1. The van der Waals surface area contributed by atoms with E-state index in [-0.39, 0.29) is 37.0 Å². The molecular weight excluding hydrogens is 612 g/mol. The second-order valence-corrected chi connectivity index (χ2v) is 10.7. The third-order valence-corrected chi connectivity index (χ3v) is 7.04. The van der Waals surface area contributed by atoms with Crippen molar-refractivity contribution in [2.45, 2.75) is 52.0 Å². The number of aryl methyl sites for hydroxylation is 2. The minimum atomic E-state index is -1.23. The summed E-state index contributed by atoms with van der Waals surface area (Å²) >= 11 is 0. The summed E-state index contributed by atoms with van der Waals surface area (Å²) in [5, 5.41) is 2.62. The Balaban J connectivity index is 1.51. The van der Waals surface area contributed by atoms with E-state index in [1.54, 1.807) is 13.8 Å². The van der Waals surface area contributed by atoms with Crippen molar-refractivity contribution in [1.82, 2.24) is 10.3 Å². The summed E-state index contributed by atoms with van der Waals surface area (Å²) in [6.45, 7) is 6.68. The van der Waals surface area contributed by atoms with Gasteiger partial charge in [0, 0.05) is 18.9 Å². The molecule has 4 atom stereocenters. The van der Waals surface area contributed by atoms with Gasteiger partial charge in [-0.2, -0.15) is 0 Å². The van der Waals surface area contributed by atoms with Crippen molar-refractivity contribution in [2.75, 3.05) is 40.3 Å². The molecule has 0 bridgehead atoms. The Bertz CT molecular complexity index is 1480. The molecule has 0 saturated carbocycles. The maximum Gasteiger partial charge on any atom is 0.334 e. The zero-order chi connectivity index (χ0) is 33.8. The number of nitrogens with zero attached hydrogens (tertiary/aromatic N) is 1. The maximum absolute atomic E-state index is 13.5. The molecule has 1 N–H and O–H groups in total. The smallest absolute Gasteiger partial charge is 0.334 e. The van der Waals surface area contributed by atoms with E-state index < -0.39 is 49.0 Å². The molecule has 47 heavy (non-hydrogen) atoms. The third kappa shape index (κ3) is 10.1. The molecule has 1 aliphatic rings. The van der Waals surface area contributed by atoms with Crippen molar-refractivity contribution >= 4 is 17.8 Å². The van der Waals surface area contributed by atoms with Crippen LogP contribution in [0, 0.1) is 13.8 Å². The number of rotatable bonds is 13. The van der Waals surface area contributed by atoms with Crippen molar-refractivity contribution in [3.05, 3.63) is 77.6 Å². The molecule has 0 aliphatic carbocycles. The third-order valence-electron chi connectivity index (χ3n) is 7.04. The van der Waals surface area contributed by atoms with E-state index in [2.05, 4.69) is 10.3 Å². The predicted octanol–water partition coefficient (Wildman–Crippen LogP) is 3.58. The average molecular weight is 653 g/mol. The lowest BCUT2D eigenvalue weighted by Crippen LogP contribution is -2.48. The lowest BCUT2D eigenvalue weighted by atomic mass is 10.1. The fourth-order valence-electron chi connectivity index (χ4n) is 4.54. The Morgan fingerprint density at radius 3 is 2.26 bits per heavy atom. The summed E-state index contributed by atoms with van der Waals surface area (Å²) in [6.07, 6.45) is -0.952. The van der Waals surface area contributed by atoms with Crippen molar-refractivity contribution in [3.8, 4) is 23.0 Å². The number of carbonyl (C=O) groups is 3. The molecule has 1 aromatic heterocycles. The number of pyridine rings is 1. The van der Waals surface area contributed by atoms with Gasteiger partial charge >= 0.3 is 11.9 Å². The average Bonchev–Trinajstić information content (AvgIpc) is 3.11. The van der Waals surface area contributed by atoms with Crippen LogP contribution in [0.2, 0.25) is 0 Å². The van der Waals surface area contributed by atoms with Gasteiger partial charge < -0.3 is 43.2 Å². The Labute approximate surface area is 273 Å². The highest BCUT2D eigenvalue weighted by Gasteiger charge is 2.38. The van der Waals surface area contributed by atoms with Crippen LogP contribution < -0.4 is 24.3 Å². The minimum Gasteiger partial charge on any atom is -0.493 e. The van der Waals surface area contributed by atoms with Crippen LogP contribution in [-0.4, -0.2) is 87.5 Å². The molecule has 0 radical (unpaired) electrons. The normalized spacial score (nSPS) is 19.6. The van der Waals surface area contributed by atoms with Crippen molar-refractivity contribution in [2.24, 2.45) is 0 Å². The lowest BCUT2D eigenvalue weighted by Gasteiger charge is -2.31. The number of cyclic esters (lactones) is 1. The Kier molecular flexibility index (Phi) is 12.8. The summed E-state index contributed by atoms with van der Waals surface area (Å²) in [7, 11) is 1.38. The molecule has 13 heteroatoms. The number of hydrogen-bond acceptors (Lipinski definition) is 12. The number of carbonyl (C=O) groups excluding carboxylic acids is 3. The van der Waals surface area contributed by atoms with Gasteiger partial charge in [0.25, 0.3) is 5.91 Å². The first-order chi connectivity index (χ1) is 22.7. The van der Waals surface area contributed by atoms with Crippen molar-refractivity contribution in [3.63, 3.8) is 0 Å². The van der Waals surface area contributed by atoms with Gasteiger partial charge in [-0.15, -0.1) is 0 Å². The van der Waals surface area contributed by atoms with Gasteiger partial charge in [-0.05, 0) is 52.0 Å². The summed E-state index contributed by atoms with van der Waals surface area (Å²) in [6, 6.07) is 15.2. The highest BCUT2D eigenvalue weighted by Crippen LogP contribution is 2.30. The summed E-state index contributed by atoms with van der Waals surface area (Å²) in [4.78, 5) is 42.8. The van der Waals surface area contributed by atoms with Crippen LogP contribution in [0.5, 0.6) is 23.0 Å². The van der Waals surface area contributed by atoms with E-state index in [0.29, 0.717) is 18.1 Å². The van der Waals surface area contributed by atoms with E-state index >= 15 is 0 Å². The highest BCUT2D eigenvalue weighted by molar-refractivity contribution is 5.98. The van der Waals surface area contributed by atoms with Crippen LogP contribution >= 0.6 is 0 Å². The molecule has 0 spiro atoms. The first-order valence-electron chi connectivity index (χ1n) is 15.1. The van der Waals surface area contributed by atoms with Crippen molar-refractivity contribution in [1.29, 1.82) is 0 Å². The van der Waals surface area contributed by atoms with Crippen LogP contribution in [0.3, 0.4) is 0 Å². The molecule has 2 heterocycles. The number of aromatic nitrogens is 1. The van der Waals surface area contributed by atoms with Crippen LogP contribution in [0.15, 0.2) is 60.8 Å². The second kappa shape index (κ2) is 17.2. The van der Waals surface area contributed by atoms with Gasteiger partial charge in [0.05, 0.1) is 20.3 Å². The minimum absolute atomic E-state index is 0.0106. The molecule has 1 fully saturated rings. The van der Waals surface area contributed by atoms with Crippen LogP contribution in [0.1, 0.15) is 35.5 Å². The summed E-state index contributed by atoms with van der Waals surface area (Å²) in [5.74, 6) is -0.989. The first kappa shape index (κ1) is 35.0. The summed E-state index contributed by atoms with van der Waals surface area (Å²) < 4.78 is 45.3. The topological polar surface area (TPSA) is 150 Å². The number of amides is 1. The monoisotopic (exact) mass is 652 g/mol.